The summed E-state index contributed by atoms with van der Waals surface area (Å²) in [4.78, 5) is 7.94. The molecule has 1 aromatic carbocycles. The highest BCUT2D eigenvalue weighted by Crippen LogP contribution is 2.19. The summed E-state index contributed by atoms with van der Waals surface area (Å²) in [5, 5.41) is 8.04. The van der Waals surface area contributed by atoms with Crippen LogP contribution in [0.2, 0.25) is 0 Å². The molecule has 2 aromatic rings. The number of H-pyrrole nitrogens is 1. The van der Waals surface area contributed by atoms with E-state index < -0.39 is 0 Å². The molecular weight excluding hydrogens is 272 g/mol. The minimum Gasteiger partial charge on any atom is -0.361 e. The summed E-state index contributed by atoms with van der Waals surface area (Å²) in [7, 11) is 0. The molecule has 0 saturated heterocycles. The van der Waals surface area contributed by atoms with Crippen LogP contribution in [0.5, 0.6) is 0 Å². The first-order valence-corrected chi connectivity index (χ1v) is 8.33. The largest absolute Gasteiger partial charge is 0.361 e. The van der Waals surface area contributed by atoms with Gasteiger partial charge >= 0.3 is 0 Å². The Morgan fingerprint density at radius 2 is 2.09 bits per heavy atom. The minimum atomic E-state index is 0.887. The number of benzene rings is 1. The van der Waals surface area contributed by atoms with E-state index in [1.807, 2.05) is 0 Å². The summed E-state index contributed by atoms with van der Waals surface area (Å²) in [5.74, 6) is 0.923. The Morgan fingerprint density at radius 3 is 2.86 bits per heavy atom. The van der Waals surface area contributed by atoms with Crippen molar-refractivity contribution < 1.29 is 0 Å². The fourth-order valence-corrected chi connectivity index (χ4v) is 2.51. The molecule has 3 N–H and O–H groups in total. The Labute approximate surface area is 133 Å². The summed E-state index contributed by atoms with van der Waals surface area (Å²) >= 11 is 0. The zero-order chi connectivity index (χ0) is 15.8. The van der Waals surface area contributed by atoms with Crippen molar-refractivity contribution >= 4 is 16.9 Å². The van der Waals surface area contributed by atoms with Crippen LogP contribution in [-0.2, 0) is 6.42 Å². The van der Waals surface area contributed by atoms with Crippen molar-refractivity contribution in [2.24, 2.45) is 4.99 Å². The average Bonchev–Trinajstić information content (AvgIpc) is 2.90. The summed E-state index contributed by atoms with van der Waals surface area (Å²) in [6, 6.07) is 6.57. The van der Waals surface area contributed by atoms with Crippen LogP contribution in [0.1, 0.15) is 37.8 Å². The third kappa shape index (κ3) is 4.52. The number of aromatic nitrogens is 1. The maximum atomic E-state index is 4.58. The van der Waals surface area contributed by atoms with Gasteiger partial charge in [0.05, 0.1) is 0 Å². The van der Waals surface area contributed by atoms with Crippen LogP contribution in [0.15, 0.2) is 29.4 Å². The van der Waals surface area contributed by atoms with Crippen molar-refractivity contribution in [3.8, 4) is 0 Å². The number of hydrogen-bond acceptors (Lipinski definition) is 1. The first kappa shape index (κ1) is 16.4. The fraction of sp³-hybridized carbons (Fsp3) is 0.500. The van der Waals surface area contributed by atoms with E-state index in [0.717, 1.165) is 38.4 Å². The maximum Gasteiger partial charge on any atom is 0.191 e. The molecule has 0 aliphatic heterocycles. The fourth-order valence-electron chi connectivity index (χ4n) is 2.51. The van der Waals surface area contributed by atoms with Crippen LogP contribution >= 0.6 is 0 Å². The molecule has 0 unspecified atom stereocenters. The molecule has 0 spiro atoms. The Balaban J connectivity index is 1.91. The zero-order valence-electron chi connectivity index (χ0n) is 14.0. The molecule has 1 aromatic heterocycles. The smallest absolute Gasteiger partial charge is 0.191 e. The van der Waals surface area contributed by atoms with Gasteiger partial charge in [-0.25, -0.2) is 0 Å². The highest BCUT2D eigenvalue weighted by molar-refractivity contribution is 5.84. The molecule has 0 fully saturated rings. The van der Waals surface area contributed by atoms with Gasteiger partial charge in [-0.3, -0.25) is 4.99 Å². The van der Waals surface area contributed by atoms with Crippen molar-refractivity contribution in [1.82, 2.24) is 15.6 Å². The lowest BCUT2D eigenvalue weighted by Crippen LogP contribution is -2.38. The standard InChI is InChI=1S/C18H28N4/c1-4-6-10-20-18(19-5-2)21-11-9-15-13-22-17-12-14(3)7-8-16(15)17/h7-8,12-13,22H,4-6,9-11H2,1-3H3,(H2,19,20,21). The normalized spacial score (nSPS) is 11.9. The van der Waals surface area contributed by atoms with Gasteiger partial charge in [0.25, 0.3) is 0 Å². The van der Waals surface area contributed by atoms with E-state index in [9.17, 15) is 0 Å². The van der Waals surface area contributed by atoms with Gasteiger partial charge in [0.2, 0.25) is 0 Å². The van der Waals surface area contributed by atoms with Gasteiger partial charge in [-0.05, 0) is 43.9 Å². The number of guanidine groups is 1. The van der Waals surface area contributed by atoms with Crippen LogP contribution < -0.4 is 10.6 Å². The second-order valence-corrected chi connectivity index (χ2v) is 5.65. The number of hydrogen-bond donors (Lipinski definition) is 3. The van der Waals surface area contributed by atoms with Gasteiger partial charge in [0, 0.05) is 36.7 Å². The molecule has 22 heavy (non-hydrogen) atoms. The zero-order valence-corrected chi connectivity index (χ0v) is 14.0. The van der Waals surface area contributed by atoms with Crippen molar-refractivity contribution in [3.63, 3.8) is 0 Å². The van der Waals surface area contributed by atoms with Crippen molar-refractivity contribution in [2.75, 3.05) is 19.6 Å². The molecule has 120 valence electrons. The summed E-state index contributed by atoms with van der Waals surface area (Å²) in [5.41, 5.74) is 3.86. The monoisotopic (exact) mass is 300 g/mol. The Bertz CT molecular complexity index is 613. The number of aryl methyl sites for hydroxylation is 1. The van der Waals surface area contributed by atoms with Gasteiger partial charge in [0.15, 0.2) is 5.96 Å². The number of aromatic amines is 1. The molecule has 0 saturated carbocycles. The molecule has 0 aliphatic carbocycles. The van der Waals surface area contributed by atoms with Crippen LogP contribution in [0.3, 0.4) is 0 Å². The van der Waals surface area contributed by atoms with Crippen LogP contribution in [-0.4, -0.2) is 30.6 Å². The van der Waals surface area contributed by atoms with Crippen LogP contribution in [0.4, 0.5) is 0 Å². The van der Waals surface area contributed by atoms with Crippen LogP contribution in [0.25, 0.3) is 10.9 Å². The molecular formula is C18H28N4. The predicted molar refractivity (Wildman–Crippen MR) is 95.6 cm³/mol. The Morgan fingerprint density at radius 1 is 1.23 bits per heavy atom. The first-order valence-electron chi connectivity index (χ1n) is 8.33. The number of nitrogens with zero attached hydrogens (tertiary/aromatic N) is 1. The molecule has 0 atom stereocenters. The topological polar surface area (TPSA) is 52.2 Å². The molecule has 4 heteroatoms. The lowest BCUT2D eigenvalue weighted by Gasteiger charge is -2.11. The van der Waals surface area contributed by atoms with Gasteiger partial charge in [-0.1, -0.05) is 25.5 Å². The molecule has 0 aliphatic rings. The summed E-state index contributed by atoms with van der Waals surface area (Å²) < 4.78 is 0. The highest BCUT2D eigenvalue weighted by Gasteiger charge is 2.04. The van der Waals surface area contributed by atoms with Gasteiger partial charge < -0.3 is 15.6 Å². The Kier molecular flexibility index (Phi) is 6.31. The second kappa shape index (κ2) is 8.47. The molecule has 0 radical (unpaired) electrons. The maximum absolute atomic E-state index is 4.58. The number of aliphatic imine (C=N–C) groups is 1. The van der Waals surface area contributed by atoms with Gasteiger partial charge in [0.1, 0.15) is 0 Å². The molecule has 2 rings (SSSR count). The summed E-state index contributed by atoms with van der Waals surface area (Å²) in [6.45, 7) is 9.08. The quantitative estimate of drug-likeness (QED) is 0.417. The third-order valence-electron chi connectivity index (χ3n) is 3.74. The van der Waals surface area contributed by atoms with Gasteiger partial charge in [-0.15, -0.1) is 0 Å². The molecule has 4 nitrogen and oxygen atoms in total. The van der Waals surface area contributed by atoms with E-state index in [-0.39, 0.29) is 0 Å². The van der Waals surface area contributed by atoms with E-state index in [4.69, 9.17) is 0 Å². The van der Waals surface area contributed by atoms with Crippen LogP contribution in [0, 0.1) is 6.92 Å². The van der Waals surface area contributed by atoms with Gasteiger partial charge in [-0.2, -0.15) is 0 Å². The van der Waals surface area contributed by atoms with Crippen molar-refractivity contribution in [2.45, 2.75) is 40.0 Å². The average molecular weight is 300 g/mol. The number of rotatable bonds is 7. The van der Waals surface area contributed by atoms with E-state index >= 15 is 0 Å². The van der Waals surface area contributed by atoms with E-state index in [1.54, 1.807) is 0 Å². The predicted octanol–water partition coefficient (Wildman–Crippen LogP) is 3.37. The summed E-state index contributed by atoms with van der Waals surface area (Å²) in [6.07, 6.45) is 5.42. The number of unbranched alkanes of at least 4 members (excludes halogenated alkanes) is 1. The molecule has 0 bridgehead atoms. The van der Waals surface area contributed by atoms with E-state index in [0.29, 0.717) is 0 Å². The molecule has 0 amide bonds. The van der Waals surface area contributed by atoms with Crippen molar-refractivity contribution in [1.29, 1.82) is 0 Å². The lowest BCUT2D eigenvalue weighted by molar-refractivity contribution is 0.768. The second-order valence-electron chi connectivity index (χ2n) is 5.65. The minimum absolute atomic E-state index is 0.887. The van der Waals surface area contributed by atoms with Crippen molar-refractivity contribution in [3.05, 3.63) is 35.5 Å². The van der Waals surface area contributed by atoms with E-state index in [1.165, 1.54) is 28.5 Å². The Hall–Kier alpha value is -1.97. The third-order valence-corrected chi connectivity index (χ3v) is 3.74. The highest BCUT2D eigenvalue weighted by atomic mass is 15.2. The SMILES string of the molecule is CCCCN=C(NCC)NCCc1c[nH]c2cc(C)ccc12. The number of nitrogens with one attached hydrogen (secondary N) is 3. The van der Waals surface area contributed by atoms with E-state index in [2.05, 4.69) is 65.8 Å². The first-order chi connectivity index (χ1) is 10.7. The lowest BCUT2D eigenvalue weighted by atomic mass is 10.1. The number of fused-ring (bicyclic) bond motifs is 1. The molecule has 1 heterocycles.